The van der Waals surface area contributed by atoms with E-state index in [-0.39, 0.29) is 25.5 Å². The van der Waals surface area contributed by atoms with Gasteiger partial charge in [-0.15, -0.1) is 5.10 Å². The molecule has 0 aliphatic heterocycles. The molecule has 3 aromatic carbocycles. The molecular formula is C30H32N6O4. The van der Waals surface area contributed by atoms with Gasteiger partial charge in [0.1, 0.15) is 24.9 Å². The summed E-state index contributed by atoms with van der Waals surface area (Å²) < 4.78 is 14.1. The maximum absolute atomic E-state index is 13.7. The van der Waals surface area contributed by atoms with E-state index in [9.17, 15) is 4.79 Å². The molecule has 0 bridgehead atoms. The summed E-state index contributed by atoms with van der Waals surface area (Å²) in [5.41, 5.74) is 4.42. The first-order chi connectivity index (χ1) is 19.6. The van der Waals surface area contributed by atoms with Crippen molar-refractivity contribution in [2.45, 2.75) is 39.5 Å². The van der Waals surface area contributed by atoms with Gasteiger partial charge in [0.25, 0.3) is 5.56 Å². The number of aromatic nitrogens is 6. The molecule has 2 aromatic heterocycles. The minimum absolute atomic E-state index is 0.0961. The molecule has 0 aliphatic carbocycles. The molecule has 40 heavy (non-hydrogen) atoms. The van der Waals surface area contributed by atoms with Crippen molar-refractivity contribution >= 4 is 10.9 Å². The zero-order chi connectivity index (χ0) is 27.9. The van der Waals surface area contributed by atoms with Crippen LogP contribution in [0.3, 0.4) is 0 Å². The minimum Gasteiger partial charge on any atom is -0.491 e. The summed E-state index contributed by atoms with van der Waals surface area (Å²) in [6, 6.07) is 21.4. The zero-order valence-electron chi connectivity index (χ0n) is 22.7. The number of hydrogen-bond donors (Lipinski definition) is 1. The van der Waals surface area contributed by atoms with Gasteiger partial charge in [0, 0.05) is 19.1 Å². The van der Waals surface area contributed by atoms with Crippen LogP contribution in [0.25, 0.3) is 33.4 Å². The summed E-state index contributed by atoms with van der Waals surface area (Å²) in [4.78, 5) is 18.5. The maximum Gasteiger partial charge on any atom is 0.261 e. The van der Waals surface area contributed by atoms with Crippen LogP contribution in [0.15, 0.2) is 71.5 Å². The average molecular weight is 541 g/mol. The number of fused-ring (bicyclic) bond motifs is 1. The molecule has 5 aromatic rings. The summed E-state index contributed by atoms with van der Waals surface area (Å²) >= 11 is 0. The van der Waals surface area contributed by atoms with Gasteiger partial charge in [-0.25, -0.2) is 4.98 Å². The topological polar surface area (TPSA) is 117 Å². The Bertz CT molecular complexity index is 1640. The van der Waals surface area contributed by atoms with E-state index in [1.807, 2.05) is 48.5 Å². The van der Waals surface area contributed by atoms with Crippen LogP contribution in [0, 0.1) is 0 Å². The van der Waals surface area contributed by atoms with Crippen molar-refractivity contribution in [3.63, 3.8) is 0 Å². The van der Waals surface area contributed by atoms with E-state index >= 15 is 0 Å². The minimum atomic E-state index is -0.107. The van der Waals surface area contributed by atoms with Crippen LogP contribution >= 0.6 is 0 Å². The van der Waals surface area contributed by atoms with Crippen molar-refractivity contribution in [1.29, 1.82) is 0 Å². The molecule has 0 radical (unpaired) electrons. The third-order valence-corrected chi connectivity index (χ3v) is 6.68. The van der Waals surface area contributed by atoms with E-state index in [1.165, 1.54) is 0 Å². The van der Waals surface area contributed by atoms with E-state index < -0.39 is 0 Å². The first-order valence-electron chi connectivity index (χ1n) is 13.3. The molecule has 0 saturated carbocycles. The Labute approximate surface area is 231 Å². The van der Waals surface area contributed by atoms with Crippen LogP contribution in [0.2, 0.25) is 0 Å². The van der Waals surface area contributed by atoms with Crippen molar-refractivity contribution < 1.29 is 14.6 Å². The average Bonchev–Trinajstić information content (AvgIpc) is 3.45. The lowest BCUT2D eigenvalue weighted by molar-refractivity contribution is 0.120. The predicted octanol–water partition coefficient (Wildman–Crippen LogP) is 4.08. The molecule has 10 heteroatoms. The second kappa shape index (κ2) is 12.6. The number of aliphatic hydroxyl groups excluding tert-OH is 1. The van der Waals surface area contributed by atoms with Crippen LogP contribution in [0.4, 0.5) is 0 Å². The highest BCUT2D eigenvalue weighted by atomic mass is 16.5. The van der Waals surface area contributed by atoms with Crippen LogP contribution in [-0.4, -0.2) is 55.2 Å². The van der Waals surface area contributed by atoms with Gasteiger partial charge in [0.2, 0.25) is 0 Å². The van der Waals surface area contributed by atoms with Gasteiger partial charge in [0.05, 0.1) is 24.1 Å². The van der Waals surface area contributed by atoms with Crippen LogP contribution in [0.1, 0.15) is 31.2 Å². The van der Waals surface area contributed by atoms with Gasteiger partial charge in [0.15, 0.2) is 5.82 Å². The van der Waals surface area contributed by atoms with Crippen LogP contribution in [-0.2, 0) is 24.4 Å². The molecule has 0 unspecified atom stereocenters. The van der Waals surface area contributed by atoms with Crippen LogP contribution in [0.5, 0.6) is 5.75 Å². The lowest BCUT2D eigenvalue weighted by Crippen LogP contribution is -2.26. The van der Waals surface area contributed by atoms with E-state index in [4.69, 9.17) is 19.6 Å². The molecule has 1 N–H and O–H groups in total. The lowest BCUT2D eigenvalue weighted by atomic mass is 9.98. The first-order valence-corrected chi connectivity index (χ1v) is 13.3. The molecule has 5 rings (SSSR count). The summed E-state index contributed by atoms with van der Waals surface area (Å²) in [5.74, 6) is 1.92. The molecule has 0 spiro atoms. The third kappa shape index (κ3) is 5.78. The highest BCUT2D eigenvalue weighted by Gasteiger charge is 2.16. The molecule has 10 nitrogen and oxygen atoms in total. The Morgan fingerprint density at radius 2 is 1.80 bits per heavy atom. The van der Waals surface area contributed by atoms with Gasteiger partial charge in [-0.3, -0.25) is 9.36 Å². The highest BCUT2D eigenvalue weighted by molar-refractivity contribution is 5.81. The lowest BCUT2D eigenvalue weighted by Gasteiger charge is -2.15. The van der Waals surface area contributed by atoms with E-state index in [0.717, 1.165) is 40.9 Å². The quantitative estimate of drug-likeness (QED) is 0.252. The number of aliphatic hydroxyl groups is 1. The van der Waals surface area contributed by atoms with Gasteiger partial charge in [-0.1, -0.05) is 61.9 Å². The second-order valence-corrected chi connectivity index (χ2v) is 9.44. The fraction of sp³-hybridized carbons (Fsp3) is 0.300. The SMILES string of the molecule is CCCCc1nc2ccc(OCCO)cc2c(=O)n1Cc1ccc(-c2ccccc2-c2nnnn2COC)cc1. The highest BCUT2D eigenvalue weighted by Crippen LogP contribution is 2.31. The molecule has 2 heterocycles. The molecule has 0 amide bonds. The van der Waals surface area contributed by atoms with Gasteiger partial charge >= 0.3 is 0 Å². The standard InChI is InChI=1S/C30H32N6O4/c1-3-4-9-28-31-27-15-14-23(40-17-16-37)18-26(27)30(38)35(28)19-21-10-12-22(13-11-21)24-7-5-6-8-25(24)29-32-33-34-36(29)20-39-2/h5-8,10-15,18,37H,3-4,9,16-17,19-20H2,1-2H3. The number of benzene rings is 3. The molecule has 0 aliphatic rings. The van der Waals surface area contributed by atoms with E-state index in [2.05, 4.69) is 22.4 Å². The Morgan fingerprint density at radius 1 is 1.00 bits per heavy atom. The largest absolute Gasteiger partial charge is 0.491 e. The van der Waals surface area contributed by atoms with Crippen molar-refractivity contribution in [2.24, 2.45) is 0 Å². The van der Waals surface area contributed by atoms with Crippen molar-refractivity contribution in [1.82, 2.24) is 29.8 Å². The fourth-order valence-corrected chi connectivity index (χ4v) is 4.70. The van der Waals surface area contributed by atoms with Crippen molar-refractivity contribution in [3.05, 3.63) is 88.5 Å². The first kappa shape index (κ1) is 27.2. The summed E-state index contributed by atoms with van der Waals surface area (Å²) in [6.45, 7) is 2.84. The fourth-order valence-electron chi connectivity index (χ4n) is 4.70. The second-order valence-electron chi connectivity index (χ2n) is 9.44. The number of hydrogen-bond acceptors (Lipinski definition) is 8. The molecule has 0 saturated heterocycles. The number of tetrazole rings is 1. The number of rotatable bonds is 12. The van der Waals surface area contributed by atoms with E-state index in [0.29, 0.717) is 35.4 Å². The molecule has 0 atom stereocenters. The molecule has 206 valence electrons. The van der Waals surface area contributed by atoms with Crippen LogP contribution < -0.4 is 10.3 Å². The number of aryl methyl sites for hydroxylation is 1. The number of ether oxygens (including phenoxy) is 2. The van der Waals surface area contributed by atoms with Gasteiger partial charge < -0.3 is 14.6 Å². The van der Waals surface area contributed by atoms with Crippen molar-refractivity contribution in [3.8, 4) is 28.3 Å². The summed E-state index contributed by atoms with van der Waals surface area (Å²) in [7, 11) is 1.60. The summed E-state index contributed by atoms with van der Waals surface area (Å²) in [5, 5.41) is 21.6. The normalized spacial score (nSPS) is 11.3. The Hall–Kier alpha value is -4.41. The smallest absolute Gasteiger partial charge is 0.261 e. The predicted molar refractivity (Wildman–Crippen MR) is 152 cm³/mol. The van der Waals surface area contributed by atoms with Gasteiger partial charge in [-0.05, 0) is 51.7 Å². The molecular weight excluding hydrogens is 508 g/mol. The number of methoxy groups -OCH3 is 1. The Morgan fingerprint density at radius 3 is 2.55 bits per heavy atom. The van der Waals surface area contributed by atoms with Gasteiger partial charge in [-0.2, -0.15) is 4.68 Å². The maximum atomic E-state index is 13.7. The Balaban J connectivity index is 1.48. The third-order valence-electron chi connectivity index (χ3n) is 6.68. The zero-order valence-corrected chi connectivity index (χ0v) is 22.7. The molecule has 0 fully saturated rings. The summed E-state index contributed by atoms with van der Waals surface area (Å²) in [6.07, 6.45) is 2.66. The number of nitrogens with zero attached hydrogens (tertiary/aromatic N) is 6. The van der Waals surface area contributed by atoms with E-state index in [1.54, 1.807) is 34.6 Å². The Kier molecular flexibility index (Phi) is 8.58. The monoisotopic (exact) mass is 540 g/mol. The van der Waals surface area contributed by atoms with Crippen molar-refractivity contribution in [2.75, 3.05) is 20.3 Å². The number of unbranched alkanes of at least 4 members (excludes halogenated alkanes) is 1.